The normalized spacial score (nSPS) is 15.0. The van der Waals surface area contributed by atoms with Crippen LogP contribution in [0.3, 0.4) is 0 Å². The molecule has 0 unspecified atom stereocenters. The van der Waals surface area contributed by atoms with Crippen molar-refractivity contribution in [2.45, 2.75) is 6.54 Å². The van der Waals surface area contributed by atoms with Gasteiger partial charge in [0.05, 0.1) is 18.5 Å². The van der Waals surface area contributed by atoms with Crippen LogP contribution in [0.15, 0.2) is 71.0 Å². The van der Waals surface area contributed by atoms with Crippen molar-refractivity contribution in [2.75, 3.05) is 10.6 Å². The van der Waals surface area contributed by atoms with Gasteiger partial charge in [0, 0.05) is 16.8 Å². The van der Waals surface area contributed by atoms with Crippen LogP contribution >= 0.6 is 11.6 Å². The molecule has 1 aromatic heterocycles. The van der Waals surface area contributed by atoms with Crippen molar-refractivity contribution in [1.82, 2.24) is 0 Å². The second-order valence-electron chi connectivity index (χ2n) is 5.87. The highest BCUT2D eigenvalue weighted by molar-refractivity contribution is 6.30. The molecule has 0 spiro atoms. The van der Waals surface area contributed by atoms with Gasteiger partial charge in [-0.15, -0.1) is 0 Å². The largest absolute Gasteiger partial charge is 0.465 e. The van der Waals surface area contributed by atoms with Gasteiger partial charge in [-0.25, -0.2) is 0 Å². The molecule has 26 heavy (non-hydrogen) atoms. The number of carbonyl (C=O) groups is 1. The molecule has 1 amide bonds. The lowest BCUT2D eigenvalue weighted by atomic mass is 10.1. The smallest absolute Gasteiger partial charge is 0.294 e. The highest BCUT2D eigenvalue weighted by Gasteiger charge is 2.30. The Labute approximate surface area is 155 Å². The van der Waals surface area contributed by atoms with Crippen LogP contribution in [0.25, 0.3) is 6.08 Å². The van der Waals surface area contributed by atoms with Crippen LogP contribution in [0.4, 0.5) is 11.4 Å². The standard InChI is InChI=1S/C20H15ClN2O3/c21-14-5-3-13(4-6-14)12-23-17-10-15(22)7-8-18(17)26-19(20(23)24)11-16-2-1-9-25-16/h1-11H,12,22H2/b19-11+. The molecule has 1 aliphatic heterocycles. The van der Waals surface area contributed by atoms with E-state index < -0.39 is 0 Å². The number of carbonyl (C=O) groups excluding carboxylic acids is 1. The minimum Gasteiger partial charge on any atom is -0.465 e. The second-order valence-corrected chi connectivity index (χ2v) is 6.31. The number of benzene rings is 2. The number of anilines is 2. The predicted molar refractivity (Wildman–Crippen MR) is 101 cm³/mol. The zero-order chi connectivity index (χ0) is 18.1. The van der Waals surface area contributed by atoms with E-state index >= 15 is 0 Å². The van der Waals surface area contributed by atoms with Gasteiger partial charge in [0.25, 0.3) is 5.91 Å². The summed E-state index contributed by atoms with van der Waals surface area (Å²) in [5.41, 5.74) is 8.03. The first kappa shape index (κ1) is 16.3. The van der Waals surface area contributed by atoms with Gasteiger partial charge < -0.3 is 14.9 Å². The lowest BCUT2D eigenvalue weighted by molar-refractivity contribution is -0.117. The maximum Gasteiger partial charge on any atom is 0.294 e. The van der Waals surface area contributed by atoms with Gasteiger partial charge in [-0.1, -0.05) is 23.7 Å². The molecule has 0 bridgehead atoms. The van der Waals surface area contributed by atoms with E-state index in [2.05, 4.69) is 0 Å². The van der Waals surface area contributed by atoms with E-state index in [4.69, 9.17) is 26.5 Å². The molecule has 5 nitrogen and oxygen atoms in total. The average molecular weight is 367 g/mol. The first-order chi connectivity index (χ1) is 12.6. The summed E-state index contributed by atoms with van der Waals surface area (Å²) in [4.78, 5) is 14.7. The zero-order valence-electron chi connectivity index (χ0n) is 13.7. The van der Waals surface area contributed by atoms with E-state index in [9.17, 15) is 4.79 Å². The van der Waals surface area contributed by atoms with E-state index in [0.717, 1.165) is 5.56 Å². The Morgan fingerprint density at radius 1 is 1.12 bits per heavy atom. The van der Waals surface area contributed by atoms with E-state index in [1.807, 2.05) is 12.1 Å². The summed E-state index contributed by atoms with van der Waals surface area (Å²) < 4.78 is 11.1. The highest BCUT2D eigenvalue weighted by Crippen LogP contribution is 2.38. The van der Waals surface area contributed by atoms with Gasteiger partial charge in [-0.05, 0) is 48.0 Å². The highest BCUT2D eigenvalue weighted by atomic mass is 35.5. The zero-order valence-corrected chi connectivity index (χ0v) is 14.4. The average Bonchev–Trinajstić information content (AvgIpc) is 3.14. The summed E-state index contributed by atoms with van der Waals surface area (Å²) in [6.45, 7) is 0.366. The van der Waals surface area contributed by atoms with Gasteiger partial charge in [0.2, 0.25) is 0 Å². The van der Waals surface area contributed by atoms with E-state index in [0.29, 0.717) is 34.5 Å². The summed E-state index contributed by atoms with van der Waals surface area (Å²) in [5.74, 6) is 1.02. The van der Waals surface area contributed by atoms with Gasteiger partial charge >= 0.3 is 0 Å². The van der Waals surface area contributed by atoms with Gasteiger partial charge in [0.15, 0.2) is 11.5 Å². The Morgan fingerprint density at radius 3 is 2.65 bits per heavy atom. The number of hydrogen-bond donors (Lipinski definition) is 1. The number of fused-ring (bicyclic) bond motifs is 1. The molecule has 0 atom stereocenters. The predicted octanol–water partition coefficient (Wildman–Crippen LogP) is 4.48. The molecule has 0 saturated heterocycles. The monoisotopic (exact) mass is 366 g/mol. The Bertz CT molecular complexity index is 979. The first-order valence-corrected chi connectivity index (χ1v) is 8.37. The lowest BCUT2D eigenvalue weighted by Gasteiger charge is -2.30. The van der Waals surface area contributed by atoms with Crippen molar-refractivity contribution in [1.29, 1.82) is 0 Å². The van der Waals surface area contributed by atoms with E-state index in [1.54, 1.807) is 59.7 Å². The fraction of sp³-hybridized carbons (Fsp3) is 0.0500. The fourth-order valence-electron chi connectivity index (χ4n) is 2.76. The van der Waals surface area contributed by atoms with Crippen LogP contribution in [0, 0.1) is 0 Å². The molecule has 0 aliphatic carbocycles. The van der Waals surface area contributed by atoms with Crippen molar-refractivity contribution in [3.05, 3.63) is 83.0 Å². The molecule has 0 saturated carbocycles. The summed E-state index contributed by atoms with van der Waals surface area (Å²) in [6, 6.07) is 16.1. The summed E-state index contributed by atoms with van der Waals surface area (Å²) in [5, 5.41) is 0.644. The second kappa shape index (κ2) is 6.61. The molecule has 6 heteroatoms. The van der Waals surface area contributed by atoms with Crippen LogP contribution in [0.5, 0.6) is 5.75 Å². The van der Waals surface area contributed by atoms with Crippen molar-refractivity contribution in [2.24, 2.45) is 0 Å². The van der Waals surface area contributed by atoms with Crippen LogP contribution in [-0.2, 0) is 11.3 Å². The van der Waals surface area contributed by atoms with Crippen molar-refractivity contribution < 1.29 is 13.9 Å². The number of rotatable bonds is 3. The number of nitrogens with two attached hydrogens (primary N) is 1. The molecule has 1 aliphatic rings. The van der Waals surface area contributed by atoms with E-state index in [1.165, 1.54) is 0 Å². The fourth-order valence-corrected chi connectivity index (χ4v) is 2.89. The summed E-state index contributed by atoms with van der Waals surface area (Å²) in [7, 11) is 0. The van der Waals surface area contributed by atoms with Crippen LogP contribution in [0.2, 0.25) is 5.02 Å². The number of ether oxygens (including phenoxy) is 1. The molecule has 3 aromatic rings. The molecule has 0 fully saturated rings. The third-order valence-corrected chi connectivity index (χ3v) is 4.27. The number of nitrogen functional groups attached to an aromatic ring is 1. The molecule has 2 aromatic carbocycles. The molecule has 2 N–H and O–H groups in total. The van der Waals surface area contributed by atoms with Gasteiger partial charge in [-0.2, -0.15) is 0 Å². The molecule has 0 radical (unpaired) electrons. The Balaban J connectivity index is 1.75. The third-order valence-electron chi connectivity index (χ3n) is 4.02. The minimum atomic E-state index is -0.269. The Hall–Kier alpha value is -3.18. The first-order valence-electron chi connectivity index (χ1n) is 7.99. The van der Waals surface area contributed by atoms with Crippen LogP contribution in [0.1, 0.15) is 11.3 Å². The maximum atomic E-state index is 13.0. The molecule has 4 rings (SSSR count). The van der Waals surface area contributed by atoms with E-state index in [-0.39, 0.29) is 11.7 Å². The number of hydrogen-bond acceptors (Lipinski definition) is 4. The third kappa shape index (κ3) is 3.17. The van der Waals surface area contributed by atoms with Crippen LogP contribution < -0.4 is 15.4 Å². The van der Waals surface area contributed by atoms with Gasteiger partial charge in [0.1, 0.15) is 5.76 Å². The lowest BCUT2D eigenvalue weighted by Crippen LogP contribution is -2.36. The summed E-state index contributed by atoms with van der Waals surface area (Å²) in [6.07, 6.45) is 3.12. The molecule has 130 valence electrons. The van der Waals surface area contributed by atoms with Crippen LogP contribution in [-0.4, -0.2) is 5.91 Å². The quantitative estimate of drug-likeness (QED) is 0.548. The Morgan fingerprint density at radius 2 is 1.92 bits per heavy atom. The summed E-state index contributed by atoms with van der Waals surface area (Å²) >= 11 is 5.95. The number of furan rings is 1. The van der Waals surface area contributed by atoms with Crippen molar-refractivity contribution >= 4 is 35.0 Å². The van der Waals surface area contributed by atoms with Crippen molar-refractivity contribution in [3.63, 3.8) is 0 Å². The van der Waals surface area contributed by atoms with Gasteiger partial charge in [-0.3, -0.25) is 9.69 Å². The Kier molecular flexibility index (Phi) is 4.14. The minimum absolute atomic E-state index is 0.186. The molecule has 2 heterocycles. The van der Waals surface area contributed by atoms with Crippen molar-refractivity contribution in [3.8, 4) is 5.75 Å². The number of amides is 1. The number of nitrogens with zero attached hydrogens (tertiary/aromatic N) is 1. The topological polar surface area (TPSA) is 68.7 Å². The molecular formula is C20H15ClN2O3. The molecular weight excluding hydrogens is 352 g/mol. The SMILES string of the molecule is Nc1ccc2c(c1)N(Cc1ccc(Cl)cc1)C(=O)/C(=C\c1ccco1)O2. The number of halogens is 1. The maximum absolute atomic E-state index is 13.0.